The fraction of sp³-hybridized carbons (Fsp3) is 0.231. The van der Waals surface area contributed by atoms with Crippen LogP contribution in [0.4, 0.5) is 4.79 Å². The third-order valence-corrected chi connectivity index (χ3v) is 9.36. The molecule has 2 unspecified atom stereocenters. The number of phenolic OH excluding ortho intramolecular Hbond substituents is 1. The zero-order chi connectivity index (χ0) is 32.6. The Morgan fingerprint density at radius 3 is 2.56 bits per heavy atom. The molecule has 2 aromatic heterocycles. The molecule has 0 aliphatic carbocycles. The number of aliphatic carboxylic acids is 1. The lowest BCUT2D eigenvalue weighted by Crippen LogP contribution is -2.71. The van der Waals surface area contributed by atoms with Crippen molar-refractivity contribution >= 4 is 53.2 Å². The summed E-state index contributed by atoms with van der Waals surface area (Å²) in [6, 6.07) is 2.12. The first-order chi connectivity index (χ1) is 21.4. The molecule has 0 spiro atoms. The van der Waals surface area contributed by atoms with Gasteiger partial charge in [0.25, 0.3) is 11.8 Å². The van der Waals surface area contributed by atoms with E-state index in [-0.39, 0.29) is 39.2 Å². The highest BCUT2D eigenvalue weighted by atomic mass is 32.2. The van der Waals surface area contributed by atoms with E-state index in [0.29, 0.717) is 10.5 Å². The predicted octanol–water partition coefficient (Wildman–Crippen LogP) is -0.440. The Morgan fingerprint density at radius 2 is 1.93 bits per heavy atom. The van der Waals surface area contributed by atoms with Crippen LogP contribution in [0.15, 0.2) is 73.3 Å². The molecule has 1 aromatic carbocycles. The summed E-state index contributed by atoms with van der Waals surface area (Å²) >= 11 is 2.14. The smallest absolute Gasteiger partial charge is 0.352 e. The van der Waals surface area contributed by atoms with Crippen LogP contribution in [0.2, 0.25) is 0 Å². The van der Waals surface area contributed by atoms with Gasteiger partial charge in [0.05, 0.1) is 11.8 Å². The number of hydrogen-bond acceptors (Lipinski definition) is 12. The van der Waals surface area contributed by atoms with E-state index in [4.69, 9.17) is 10.2 Å². The number of aromatic nitrogens is 3. The molecule has 17 nitrogen and oxygen atoms in total. The third kappa shape index (κ3) is 5.81. The number of thioether (sulfide) groups is 2. The molecule has 6 N–H and O–H groups in total. The number of primary amides is 1. The highest BCUT2D eigenvalue weighted by molar-refractivity contribution is 8.01. The first-order valence-electron chi connectivity index (χ1n) is 12.8. The number of carboxylic acids is 1. The number of imide groups is 1. The van der Waals surface area contributed by atoms with Crippen molar-refractivity contribution in [2.45, 2.75) is 22.6 Å². The fourth-order valence-corrected chi connectivity index (χ4v) is 7.12. The number of benzene rings is 1. The van der Waals surface area contributed by atoms with E-state index >= 15 is 0 Å². The van der Waals surface area contributed by atoms with Crippen LogP contribution in [0, 0.1) is 0 Å². The van der Waals surface area contributed by atoms with Gasteiger partial charge in [0.1, 0.15) is 35.2 Å². The van der Waals surface area contributed by atoms with Gasteiger partial charge in [-0.2, -0.15) is 0 Å². The number of carboxylic acid groups (broad SMARTS) is 1. The maximum atomic E-state index is 13.7. The van der Waals surface area contributed by atoms with Gasteiger partial charge in [0.15, 0.2) is 5.16 Å². The number of furan rings is 1. The van der Waals surface area contributed by atoms with Gasteiger partial charge in [0.2, 0.25) is 5.91 Å². The van der Waals surface area contributed by atoms with Gasteiger partial charge in [-0.05, 0) is 29.3 Å². The molecule has 3 atom stereocenters. The fourth-order valence-electron chi connectivity index (χ4n) is 4.71. The van der Waals surface area contributed by atoms with E-state index < -0.39 is 58.3 Å². The molecule has 3 aromatic rings. The Morgan fingerprint density at radius 1 is 1.22 bits per heavy atom. The molecule has 1 fully saturated rings. The number of phenols is 1. The van der Waals surface area contributed by atoms with Crippen LogP contribution in [0.3, 0.4) is 0 Å². The van der Waals surface area contributed by atoms with Crippen LogP contribution < -0.4 is 22.2 Å². The molecule has 0 saturated carbocycles. The van der Waals surface area contributed by atoms with Gasteiger partial charge in [-0.15, -0.1) is 16.9 Å². The van der Waals surface area contributed by atoms with Crippen molar-refractivity contribution in [1.29, 1.82) is 0 Å². The minimum atomic E-state index is -1.68. The Hall–Kier alpha value is -5.30. The summed E-state index contributed by atoms with van der Waals surface area (Å²) in [7, 11) is 1.34. The van der Waals surface area contributed by atoms with Crippen molar-refractivity contribution in [3.8, 4) is 5.75 Å². The van der Waals surface area contributed by atoms with Crippen molar-refractivity contribution in [3.63, 3.8) is 0 Å². The molecule has 0 radical (unpaired) electrons. The lowest BCUT2D eigenvalue weighted by molar-refractivity contribution is -0.151. The molecule has 1 saturated heterocycles. The maximum Gasteiger partial charge on any atom is 0.352 e. The summed E-state index contributed by atoms with van der Waals surface area (Å²) < 4.78 is 5.93. The average Bonchev–Trinajstić information content (AvgIpc) is 3.56. The summed E-state index contributed by atoms with van der Waals surface area (Å²) in [5, 5.41) is 27.4. The van der Waals surface area contributed by atoms with Gasteiger partial charge in [-0.3, -0.25) is 33.4 Å². The number of carbonyl (C=O) groups excluding carboxylic acids is 4. The lowest BCUT2D eigenvalue weighted by atomic mass is 10.00. The molecule has 5 rings (SSSR count). The lowest BCUT2D eigenvalue weighted by Gasteiger charge is -2.49. The van der Waals surface area contributed by atoms with Gasteiger partial charge in [-0.1, -0.05) is 23.9 Å². The normalized spacial score (nSPS) is 18.1. The number of nitrogens with one attached hydrogen (secondary N) is 2. The Kier molecular flexibility index (Phi) is 8.55. The summed E-state index contributed by atoms with van der Waals surface area (Å²) in [6.07, 6.45) is 2.24. The van der Waals surface area contributed by atoms with E-state index in [9.17, 15) is 43.8 Å². The SMILES string of the molecule is Cn1c(SCC2=C(C(=O)O)N3C(=O)C(NC(=O)C(c4ccc(O)cc4)N(C(N)=O)C(=O)c4ccoc4)[C@@H]3SC2)n[nH]c(=O)c1=O. The standard InChI is InChI=1S/C26H23N7O10S2/c1-31-22(39)19(36)29-30-26(31)45-10-13-9-44-23-15(21(38)32(23)17(13)24(40)41)28-18(35)16(11-2-4-14(34)5-3-11)33(25(27)42)20(37)12-6-7-43-8-12/h2-8,15-16,23,34H,9-10H2,1H3,(H2,27,42)(H,28,35)(H,29,36)(H,40,41)/t15?,16?,23-/m0/s1. The first-order valence-corrected chi connectivity index (χ1v) is 14.9. The number of β-lactam (4-membered cyclic amide) rings is 1. The van der Waals surface area contributed by atoms with Gasteiger partial charge >= 0.3 is 23.1 Å². The molecule has 4 heterocycles. The van der Waals surface area contributed by atoms with Crippen molar-refractivity contribution < 1.29 is 38.6 Å². The largest absolute Gasteiger partial charge is 0.508 e. The van der Waals surface area contributed by atoms with Crippen LogP contribution in [-0.2, 0) is 21.4 Å². The van der Waals surface area contributed by atoms with Crippen molar-refractivity contribution in [1.82, 2.24) is 29.9 Å². The van der Waals surface area contributed by atoms with Crippen LogP contribution >= 0.6 is 23.5 Å². The average molecular weight is 658 g/mol. The maximum absolute atomic E-state index is 13.7. The number of hydrogen-bond donors (Lipinski definition) is 5. The number of aromatic hydroxyl groups is 1. The topological polar surface area (TPSA) is 251 Å². The number of urea groups is 1. The van der Waals surface area contributed by atoms with Crippen molar-refractivity contribution in [2.75, 3.05) is 11.5 Å². The van der Waals surface area contributed by atoms with Gasteiger partial charge < -0.3 is 25.7 Å². The molecule has 5 amide bonds. The second kappa shape index (κ2) is 12.4. The number of nitrogens with two attached hydrogens (primary N) is 1. The van der Waals surface area contributed by atoms with E-state index in [0.717, 1.165) is 39.3 Å². The number of carbonyl (C=O) groups is 5. The van der Waals surface area contributed by atoms with Crippen LogP contribution in [0.25, 0.3) is 0 Å². The summed E-state index contributed by atoms with van der Waals surface area (Å²) in [5.41, 5.74) is 3.80. The van der Waals surface area contributed by atoms with E-state index in [1.54, 1.807) is 0 Å². The molecule has 19 heteroatoms. The van der Waals surface area contributed by atoms with Crippen LogP contribution in [0.5, 0.6) is 5.75 Å². The Balaban J connectivity index is 1.39. The number of nitrogens with zero attached hydrogens (tertiary/aromatic N) is 4. The molecular formula is C26H23N7O10S2. The van der Waals surface area contributed by atoms with E-state index in [2.05, 4.69) is 15.5 Å². The second-order valence-corrected chi connectivity index (χ2v) is 11.7. The molecule has 45 heavy (non-hydrogen) atoms. The monoisotopic (exact) mass is 657 g/mol. The Bertz CT molecular complexity index is 1850. The molecule has 0 bridgehead atoms. The van der Waals surface area contributed by atoms with Crippen molar-refractivity contribution in [2.24, 2.45) is 12.8 Å². The highest BCUT2D eigenvalue weighted by Crippen LogP contribution is 2.42. The minimum absolute atomic E-state index is 0.0150. The third-order valence-electron chi connectivity index (χ3n) is 6.90. The quantitative estimate of drug-likeness (QED) is 0.111. The summed E-state index contributed by atoms with van der Waals surface area (Å²) in [6.45, 7) is 0. The zero-order valence-electron chi connectivity index (χ0n) is 23.0. The number of amides is 5. The molecule has 234 valence electrons. The van der Waals surface area contributed by atoms with Crippen LogP contribution in [-0.4, -0.2) is 87.4 Å². The van der Waals surface area contributed by atoms with E-state index in [1.807, 2.05) is 0 Å². The number of rotatable bonds is 9. The molecular weight excluding hydrogens is 634 g/mol. The Labute approximate surface area is 260 Å². The van der Waals surface area contributed by atoms with E-state index in [1.165, 1.54) is 43.6 Å². The first kappa shape index (κ1) is 31.1. The number of H-pyrrole nitrogens is 1. The van der Waals surface area contributed by atoms with Crippen LogP contribution in [0.1, 0.15) is 22.0 Å². The zero-order valence-corrected chi connectivity index (χ0v) is 24.7. The summed E-state index contributed by atoms with van der Waals surface area (Å²) in [5.74, 6) is -4.11. The summed E-state index contributed by atoms with van der Waals surface area (Å²) in [4.78, 5) is 90.0. The predicted molar refractivity (Wildman–Crippen MR) is 156 cm³/mol. The van der Waals surface area contributed by atoms with Gasteiger partial charge in [-0.25, -0.2) is 19.6 Å². The molecule has 2 aliphatic heterocycles. The van der Waals surface area contributed by atoms with Crippen molar-refractivity contribution in [3.05, 3.63) is 86.0 Å². The number of fused-ring (bicyclic) bond motifs is 1. The highest BCUT2D eigenvalue weighted by Gasteiger charge is 2.55. The second-order valence-electron chi connectivity index (χ2n) is 9.66. The molecule has 2 aliphatic rings. The van der Waals surface area contributed by atoms with Gasteiger partial charge in [0, 0.05) is 18.6 Å². The number of aromatic amines is 1. The minimum Gasteiger partial charge on any atom is -0.508 e.